The van der Waals surface area contributed by atoms with E-state index in [0.717, 1.165) is 31.0 Å². The fraction of sp³-hybridized carbons (Fsp3) is 0.222. The number of piperidine rings is 1. The Labute approximate surface area is 125 Å². The van der Waals surface area contributed by atoms with Crippen LogP contribution in [0.4, 0.5) is 0 Å². The van der Waals surface area contributed by atoms with Crippen molar-refractivity contribution in [3.8, 4) is 0 Å². The van der Waals surface area contributed by atoms with Gasteiger partial charge in [0.25, 0.3) is 0 Å². The zero-order chi connectivity index (χ0) is 13.8. The molecule has 1 aliphatic heterocycles. The lowest BCUT2D eigenvalue weighted by molar-refractivity contribution is 0.611. The Hall–Kier alpha value is -1.57. The Morgan fingerprint density at radius 2 is 1.40 bits per heavy atom. The lowest BCUT2D eigenvalue weighted by Crippen LogP contribution is -2.23. The minimum Gasteiger partial charge on any atom is -0.316 e. The van der Waals surface area contributed by atoms with Gasteiger partial charge < -0.3 is 5.32 Å². The van der Waals surface area contributed by atoms with Gasteiger partial charge in [-0.25, -0.2) is 0 Å². The van der Waals surface area contributed by atoms with E-state index in [1.54, 1.807) is 0 Å². The normalized spacial score (nSPS) is 15.2. The molecule has 0 spiro atoms. The van der Waals surface area contributed by atoms with Gasteiger partial charge >= 0.3 is 0 Å². The highest BCUT2D eigenvalue weighted by Gasteiger charge is 2.14. The summed E-state index contributed by atoms with van der Waals surface area (Å²) in [5.74, 6) is 0. The highest BCUT2D eigenvalue weighted by Crippen LogP contribution is 2.31. The first kappa shape index (κ1) is 13.4. The zero-order valence-corrected chi connectivity index (χ0v) is 12.2. The molecule has 1 N–H and O–H groups in total. The molecule has 0 radical (unpaired) electrons. The van der Waals surface area contributed by atoms with E-state index in [0.29, 0.717) is 0 Å². The summed E-state index contributed by atoms with van der Waals surface area (Å²) >= 11 is 6.02. The molecule has 0 unspecified atom stereocenters. The first-order valence-electron chi connectivity index (χ1n) is 7.09. The molecule has 20 heavy (non-hydrogen) atoms. The van der Waals surface area contributed by atoms with Crippen molar-refractivity contribution >= 4 is 17.2 Å². The van der Waals surface area contributed by atoms with Crippen LogP contribution in [-0.2, 0) is 0 Å². The second-order valence-electron chi connectivity index (χ2n) is 5.10. The van der Waals surface area contributed by atoms with Gasteiger partial charge in [-0.15, -0.1) is 0 Å². The molecule has 0 bridgehead atoms. The van der Waals surface area contributed by atoms with E-state index >= 15 is 0 Å². The Morgan fingerprint density at radius 1 is 0.800 bits per heavy atom. The first-order chi connectivity index (χ1) is 9.84. The van der Waals surface area contributed by atoms with Gasteiger partial charge in [-0.2, -0.15) is 0 Å². The maximum Gasteiger partial charge on any atom is 0.0406 e. The van der Waals surface area contributed by atoms with E-state index < -0.39 is 0 Å². The Kier molecular flexibility index (Phi) is 4.19. The highest BCUT2D eigenvalue weighted by molar-refractivity contribution is 6.30. The van der Waals surface area contributed by atoms with Crippen molar-refractivity contribution in [3.63, 3.8) is 0 Å². The van der Waals surface area contributed by atoms with E-state index in [4.69, 9.17) is 11.6 Å². The average molecular weight is 284 g/mol. The molecule has 2 aromatic rings. The molecule has 0 amide bonds. The summed E-state index contributed by atoms with van der Waals surface area (Å²) in [6.07, 6.45) is 2.24. The fourth-order valence-electron chi connectivity index (χ4n) is 2.77. The van der Waals surface area contributed by atoms with Crippen LogP contribution in [0.15, 0.2) is 60.2 Å². The van der Waals surface area contributed by atoms with Crippen LogP contribution in [0.25, 0.3) is 5.57 Å². The van der Waals surface area contributed by atoms with Crippen LogP contribution in [0.2, 0.25) is 5.02 Å². The number of hydrogen-bond acceptors (Lipinski definition) is 1. The van der Waals surface area contributed by atoms with Gasteiger partial charge in [0.15, 0.2) is 0 Å². The smallest absolute Gasteiger partial charge is 0.0406 e. The second kappa shape index (κ2) is 6.25. The summed E-state index contributed by atoms with van der Waals surface area (Å²) in [6, 6.07) is 18.9. The number of hydrogen-bond donors (Lipinski definition) is 1. The minimum absolute atomic E-state index is 0.788. The molecule has 1 saturated heterocycles. The monoisotopic (exact) mass is 283 g/mol. The summed E-state index contributed by atoms with van der Waals surface area (Å²) in [6.45, 7) is 2.14. The molecular formula is C18H18ClN. The molecule has 3 rings (SSSR count). The standard InChI is InChI=1S/C18H18ClN/c19-17-8-6-15(7-9-17)18(14-4-2-1-3-5-14)16-10-12-20-13-11-16/h1-9,20H,10-13H2. The molecule has 1 aliphatic rings. The zero-order valence-electron chi connectivity index (χ0n) is 11.4. The van der Waals surface area contributed by atoms with Crippen LogP contribution < -0.4 is 5.32 Å². The summed E-state index contributed by atoms with van der Waals surface area (Å²) in [5, 5.41) is 4.21. The second-order valence-corrected chi connectivity index (χ2v) is 5.54. The summed E-state index contributed by atoms with van der Waals surface area (Å²) in [4.78, 5) is 0. The van der Waals surface area contributed by atoms with Crippen molar-refractivity contribution < 1.29 is 0 Å². The predicted octanol–water partition coefficient (Wildman–Crippen LogP) is 4.53. The third-order valence-corrected chi connectivity index (χ3v) is 4.01. The first-order valence-corrected chi connectivity index (χ1v) is 7.46. The summed E-state index contributed by atoms with van der Waals surface area (Å²) in [5.41, 5.74) is 5.48. The molecule has 2 heteroatoms. The molecule has 102 valence electrons. The quantitative estimate of drug-likeness (QED) is 0.854. The number of halogens is 1. The number of nitrogens with one attached hydrogen (secondary N) is 1. The van der Waals surface area contributed by atoms with Gasteiger partial charge in [0, 0.05) is 5.02 Å². The van der Waals surface area contributed by atoms with Crippen molar-refractivity contribution in [2.45, 2.75) is 12.8 Å². The topological polar surface area (TPSA) is 12.0 Å². The maximum absolute atomic E-state index is 6.02. The Balaban J connectivity index is 2.10. The van der Waals surface area contributed by atoms with Crippen molar-refractivity contribution in [2.75, 3.05) is 13.1 Å². The molecule has 0 atom stereocenters. The van der Waals surface area contributed by atoms with Crippen molar-refractivity contribution in [1.82, 2.24) is 5.32 Å². The van der Waals surface area contributed by atoms with E-state index in [1.165, 1.54) is 22.3 Å². The molecule has 1 nitrogen and oxygen atoms in total. The van der Waals surface area contributed by atoms with E-state index in [2.05, 4.69) is 47.8 Å². The van der Waals surface area contributed by atoms with Gasteiger partial charge in [0.05, 0.1) is 0 Å². The fourth-order valence-corrected chi connectivity index (χ4v) is 2.90. The molecule has 1 heterocycles. The largest absolute Gasteiger partial charge is 0.316 e. The van der Waals surface area contributed by atoms with Gasteiger partial charge in [0.1, 0.15) is 0 Å². The SMILES string of the molecule is Clc1ccc(C(=C2CCNCC2)c2ccccc2)cc1. The van der Waals surface area contributed by atoms with Crippen molar-refractivity contribution in [2.24, 2.45) is 0 Å². The lowest BCUT2D eigenvalue weighted by atomic mass is 9.89. The molecule has 2 aromatic carbocycles. The average Bonchev–Trinajstić information content (AvgIpc) is 2.52. The van der Waals surface area contributed by atoms with Crippen LogP contribution in [-0.4, -0.2) is 13.1 Å². The molecule has 1 fully saturated rings. The number of benzene rings is 2. The predicted molar refractivity (Wildman–Crippen MR) is 86.0 cm³/mol. The van der Waals surface area contributed by atoms with E-state index in [1.807, 2.05) is 12.1 Å². The maximum atomic E-state index is 6.02. The van der Waals surface area contributed by atoms with Gasteiger partial charge in [0.2, 0.25) is 0 Å². The van der Waals surface area contributed by atoms with E-state index in [9.17, 15) is 0 Å². The van der Waals surface area contributed by atoms with Crippen molar-refractivity contribution in [3.05, 3.63) is 76.3 Å². The van der Waals surface area contributed by atoms with E-state index in [-0.39, 0.29) is 0 Å². The molecule has 0 aromatic heterocycles. The van der Waals surface area contributed by atoms with Crippen LogP contribution in [0, 0.1) is 0 Å². The summed E-state index contributed by atoms with van der Waals surface area (Å²) < 4.78 is 0. The van der Waals surface area contributed by atoms with Gasteiger partial charge in [-0.1, -0.05) is 59.6 Å². The highest BCUT2D eigenvalue weighted by atomic mass is 35.5. The Bertz CT molecular complexity index is 591. The van der Waals surface area contributed by atoms with Crippen LogP contribution in [0.3, 0.4) is 0 Å². The van der Waals surface area contributed by atoms with Gasteiger partial charge in [-0.05, 0) is 54.8 Å². The summed E-state index contributed by atoms with van der Waals surface area (Å²) in [7, 11) is 0. The third-order valence-electron chi connectivity index (χ3n) is 3.76. The van der Waals surface area contributed by atoms with Crippen LogP contribution in [0.1, 0.15) is 24.0 Å². The molecule has 0 aliphatic carbocycles. The third kappa shape index (κ3) is 2.95. The van der Waals surface area contributed by atoms with Gasteiger partial charge in [-0.3, -0.25) is 0 Å². The molecule has 0 saturated carbocycles. The van der Waals surface area contributed by atoms with Crippen molar-refractivity contribution in [1.29, 1.82) is 0 Å². The van der Waals surface area contributed by atoms with Crippen LogP contribution in [0.5, 0.6) is 0 Å². The van der Waals surface area contributed by atoms with Crippen LogP contribution >= 0.6 is 11.6 Å². The number of rotatable bonds is 2. The molecular weight excluding hydrogens is 266 g/mol. The minimum atomic E-state index is 0.788. The Morgan fingerprint density at radius 3 is 2.05 bits per heavy atom. The lowest BCUT2D eigenvalue weighted by Gasteiger charge is -2.21.